The molecule has 3 heterocycles. The van der Waals surface area contributed by atoms with Crippen LogP contribution in [0.25, 0.3) is 0 Å². The summed E-state index contributed by atoms with van der Waals surface area (Å²) in [6.45, 7) is 0. The van der Waals surface area contributed by atoms with Gasteiger partial charge in [0, 0.05) is 30.9 Å². The van der Waals surface area contributed by atoms with E-state index in [2.05, 4.69) is 16.6 Å². The summed E-state index contributed by atoms with van der Waals surface area (Å²) >= 11 is 0. The van der Waals surface area contributed by atoms with E-state index in [1.807, 2.05) is 17.9 Å². The molecule has 0 amide bonds. The molecule has 4 unspecified atom stereocenters. The normalized spacial score (nSPS) is 32.0. The van der Waals surface area contributed by atoms with Gasteiger partial charge in [-0.25, -0.2) is 0 Å². The minimum atomic E-state index is 0.357. The maximum Gasteiger partial charge on any atom is 0.0624 e. The van der Waals surface area contributed by atoms with Crippen molar-refractivity contribution in [3.63, 3.8) is 0 Å². The lowest BCUT2D eigenvalue weighted by Crippen LogP contribution is -2.44. The van der Waals surface area contributed by atoms with Crippen molar-refractivity contribution in [3.8, 4) is 0 Å². The second-order valence-corrected chi connectivity index (χ2v) is 5.53. The van der Waals surface area contributed by atoms with E-state index in [0.717, 1.165) is 12.8 Å². The second kappa shape index (κ2) is 4.99. The molecule has 2 aliphatic heterocycles. The van der Waals surface area contributed by atoms with Gasteiger partial charge in [-0.3, -0.25) is 16.0 Å². The van der Waals surface area contributed by atoms with E-state index >= 15 is 0 Å². The van der Waals surface area contributed by atoms with Crippen LogP contribution in [0.4, 0.5) is 0 Å². The van der Waals surface area contributed by atoms with E-state index in [4.69, 9.17) is 10.6 Å². The first-order valence-corrected chi connectivity index (χ1v) is 6.86. The number of hydrogen-bond donors (Lipinski definition) is 2. The molecule has 0 spiro atoms. The van der Waals surface area contributed by atoms with Crippen LogP contribution >= 0.6 is 0 Å². The molecule has 1 aromatic heterocycles. The molecule has 5 nitrogen and oxygen atoms in total. The Kier molecular flexibility index (Phi) is 3.37. The van der Waals surface area contributed by atoms with E-state index < -0.39 is 0 Å². The van der Waals surface area contributed by atoms with Crippen LogP contribution in [-0.2, 0) is 18.2 Å². The van der Waals surface area contributed by atoms with Gasteiger partial charge in [-0.15, -0.1) is 0 Å². The van der Waals surface area contributed by atoms with Crippen molar-refractivity contribution in [3.05, 3.63) is 18.0 Å². The zero-order chi connectivity index (χ0) is 12.5. The number of nitrogens with two attached hydrogens (primary N) is 1. The Morgan fingerprint density at radius 2 is 2.50 bits per heavy atom. The van der Waals surface area contributed by atoms with Gasteiger partial charge < -0.3 is 4.74 Å². The van der Waals surface area contributed by atoms with Crippen molar-refractivity contribution in [1.82, 2.24) is 15.2 Å². The summed E-state index contributed by atoms with van der Waals surface area (Å²) in [7, 11) is 1.99. The molecule has 100 valence electrons. The summed E-state index contributed by atoms with van der Waals surface area (Å²) in [5.74, 6) is 6.32. The Morgan fingerprint density at radius 1 is 1.61 bits per heavy atom. The molecule has 2 saturated heterocycles. The molecule has 0 saturated carbocycles. The molecule has 18 heavy (non-hydrogen) atoms. The predicted molar refractivity (Wildman–Crippen MR) is 68.6 cm³/mol. The SMILES string of the molecule is Cn1nccc1CCC(NN)C1CC2CCC1O2. The van der Waals surface area contributed by atoms with Gasteiger partial charge in [0.2, 0.25) is 0 Å². The predicted octanol–water partition coefficient (Wildman–Crippen LogP) is 0.752. The lowest BCUT2D eigenvalue weighted by molar-refractivity contribution is 0.0849. The van der Waals surface area contributed by atoms with Crippen LogP contribution in [0.1, 0.15) is 31.4 Å². The molecule has 0 aromatic carbocycles. The third kappa shape index (κ3) is 2.18. The quantitative estimate of drug-likeness (QED) is 0.598. The van der Waals surface area contributed by atoms with Gasteiger partial charge in [-0.05, 0) is 38.2 Å². The number of nitrogens with one attached hydrogen (secondary N) is 1. The van der Waals surface area contributed by atoms with Crippen molar-refractivity contribution in [2.24, 2.45) is 18.8 Å². The Labute approximate surface area is 108 Å². The molecule has 4 atom stereocenters. The number of aromatic nitrogens is 2. The molecule has 3 N–H and O–H groups in total. The summed E-state index contributed by atoms with van der Waals surface area (Å²) in [5.41, 5.74) is 4.26. The number of aryl methyl sites for hydroxylation is 2. The average Bonchev–Trinajstić information content (AvgIpc) is 3.07. The summed E-state index contributed by atoms with van der Waals surface area (Å²) in [5, 5.41) is 4.20. The van der Waals surface area contributed by atoms with Gasteiger partial charge in [0.05, 0.1) is 12.2 Å². The summed E-state index contributed by atoms with van der Waals surface area (Å²) in [4.78, 5) is 0. The van der Waals surface area contributed by atoms with Crippen LogP contribution in [0.2, 0.25) is 0 Å². The van der Waals surface area contributed by atoms with Crippen LogP contribution in [0.15, 0.2) is 12.3 Å². The van der Waals surface area contributed by atoms with E-state index in [1.54, 1.807) is 0 Å². The van der Waals surface area contributed by atoms with Crippen LogP contribution in [0.5, 0.6) is 0 Å². The summed E-state index contributed by atoms with van der Waals surface area (Å²) in [6, 6.07) is 2.43. The van der Waals surface area contributed by atoms with Gasteiger partial charge in [0.1, 0.15) is 0 Å². The molecule has 0 aliphatic carbocycles. The molecule has 2 aliphatic rings. The van der Waals surface area contributed by atoms with Gasteiger partial charge in [0.15, 0.2) is 0 Å². The van der Waals surface area contributed by atoms with Crippen LogP contribution < -0.4 is 11.3 Å². The van der Waals surface area contributed by atoms with E-state index in [0.29, 0.717) is 24.2 Å². The minimum absolute atomic E-state index is 0.357. The molecular formula is C13H22N4O. The Bertz CT molecular complexity index is 405. The number of hydrazine groups is 1. The summed E-state index contributed by atoms with van der Waals surface area (Å²) in [6.07, 6.45) is 8.45. The van der Waals surface area contributed by atoms with Crippen molar-refractivity contribution in [1.29, 1.82) is 0 Å². The van der Waals surface area contributed by atoms with Gasteiger partial charge >= 0.3 is 0 Å². The smallest absolute Gasteiger partial charge is 0.0624 e. The fourth-order valence-corrected chi connectivity index (χ4v) is 3.47. The number of rotatable bonds is 5. The lowest BCUT2D eigenvalue weighted by atomic mass is 9.82. The van der Waals surface area contributed by atoms with Crippen LogP contribution in [-0.4, -0.2) is 28.0 Å². The number of ether oxygens (including phenoxy) is 1. The first-order valence-electron chi connectivity index (χ1n) is 6.86. The van der Waals surface area contributed by atoms with Crippen molar-refractivity contribution < 1.29 is 4.74 Å². The van der Waals surface area contributed by atoms with E-state index in [-0.39, 0.29) is 0 Å². The standard InChI is InChI=1S/C13H22N4O/c1-17-9(6-7-15-17)2-4-12(16-14)11-8-10-3-5-13(11)18-10/h6-7,10-13,16H,2-5,8,14H2,1H3. The Morgan fingerprint density at radius 3 is 3.06 bits per heavy atom. The number of fused-ring (bicyclic) bond motifs is 2. The van der Waals surface area contributed by atoms with Crippen molar-refractivity contribution in [2.75, 3.05) is 0 Å². The molecular weight excluding hydrogens is 228 g/mol. The second-order valence-electron chi connectivity index (χ2n) is 5.53. The fraction of sp³-hybridized carbons (Fsp3) is 0.769. The largest absolute Gasteiger partial charge is 0.375 e. The number of hydrogen-bond acceptors (Lipinski definition) is 4. The molecule has 1 aromatic rings. The van der Waals surface area contributed by atoms with Gasteiger partial charge in [-0.2, -0.15) is 5.10 Å². The monoisotopic (exact) mass is 250 g/mol. The molecule has 2 fully saturated rings. The third-order valence-electron chi connectivity index (χ3n) is 4.52. The maximum atomic E-state index is 5.92. The van der Waals surface area contributed by atoms with Gasteiger partial charge in [0.25, 0.3) is 0 Å². The molecule has 2 bridgehead atoms. The lowest BCUT2D eigenvalue weighted by Gasteiger charge is -2.27. The summed E-state index contributed by atoms with van der Waals surface area (Å²) < 4.78 is 7.85. The topological polar surface area (TPSA) is 65.1 Å². The van der Waals surface area contributed by atoms with Crippen LogP contribution in [0, 0.1) is 5.92 Å². The van der Waals surface area contributed by atoms with Crippen LogP contribution in [0.3, 0.4) is 0 Å². The minimum Gasteiger partial charge on any atom is -0.375 e. The van der Waals surface area contributed by atoms with E-state index in [9.17, 15) is 0 Å². The maximum absolute atomic E-state index is 5.92. The van der Waals surface area contributed by atoms with Crippen molar-refractivity contribution >= 4 is 0 Å². The highest BCUT2D eigenvalue weighted by molar-refractivity contribution is 5.02. The Hall–Kier alpha value is -0.910. The highest BCUT2D eigenvalue weighted by Crippen LogP contribution is 2.41. The average molecular weight is 250 g/mol. The Balaban J connectivity index is 1.58. The molecule has 3 rings (SSSR count). The highest BCUT2D eigenvalue weighted by atomic mass is 16.5. The van der Waals surface area contributed by atoms with Crippen molar-refractivity contribution in [2.45, 2.75) is 50.4 Å². The van der Waals surface area contributed by atoms with Gasteiger partial charge in [-0.1, -0.05) is 0 Å². The zero-order valence-electron chi connectivity index (χ0n) is 10.9. The van der Waals surface area contributed by atoms with E-state index in [1.165, 1.54) is 25.0 Å². The first-order chi connectivity index (χ1) is 8.78. The number of nitrogens with zero attached hydrogens (tertiary/aromatic N) is 2. The zero-order valence-corrected chi connectivity index (χ0v) is 10.9. The highest BCUT2D eigenvalue weighted by Gasteiger charge is 2.43. The molecule has 0 radical (unpaired) electrons. The first kappa shape index (κ1) is 12.1. The fourth-order valence-electron chi connectivity index (χ4n) is 3.47. The third-order valence-corrected chi connectivity index (χ3v) is 4.52. The molecule has 5 heteroatoms.